The molecule has 4 heteroatoms. The summed E-state index contributed by atoms with van der Waals surface area (Å²) in [5.74, 6) is 1.89. The largest absolute Gasteiger partial charge is 0.489 e. The molecule has 2 aromatic carbocycles. The van der Waals surface area contributed by atoms with Gasteiger partial charge in [0.2, 0.25) is 0 Å². The number of fused-ring (bicyclic) bond motifs is 2. The third kappa shape index (κ3) is 3.84. The molecule has 1 aromatic heterocycles. The molecular weight excluding hydrogens is 370 g/mol. The molecule has 154 valence electrons. The van der Waals surface area contributed by atoms with E-state index in [4.69, 9.17) is 9.72 Å². The molecule has 0 N–H and O–H groups in total. The number of para-hydroxylation sites is 1. The molecule has 2 aliphatic rings. The van der Waals surface area contributed by atoms with Crippen molar-refractivity contribution in [3.63, 3.8) is 0 Å². The van der Waals surface area contributed by atoms with Gasteiger partial charge < -0.3 is 4.74 Å². The molecule has 3 aromatic rings. The summed E-state index contributed by atoms with van der Waals surface area (Å²) >= 11 is 0. The van der Waals surface area contributed by atoms with Crippen LogP contribution in [0.4, 0.5) is 0 Å². The Morgan fingerprint density at radius 2 is 1.87 bits per heavy atom. The molecule has 0 bridgehead atoms. The predicted octanol–water partition coefficient (Wildman–Crippen LogP) is 4.84. The number of rotatable bonds is 5. The molecule has 1 fully saturated rings. The van der Waals surface area contributed by atoms with Crippen LogP contribution in [-0.2, 0) is 25.0 Å². The van der Waals surface area contributed by atoms with Crippen LogP contribution in [0.5, 0.6) is 5.75 Å². The first-order chi connectivity index (χ1) is 14.7. The van der Waals surface area contributed by atoms with E-state index in [0.717, 1.165) is 37.6 Å². The van der Waals surface area contributed by atoms with Crippen molar-refractivity contribution >= 4 is 0 Å². The summed E-state index contributed by atoms with van der Waals surface area (Å²) in [5.41, 5.74) is 5.33. The predicted molar refractivity (Wildman–Crippen MR) is 118 cm³/mol. The highest BCUT2D eigenvalue weighted by molar-refractivity contribution is 5.36. The van der Waals surface area contributed by atoms with Crippen molar-refractivity contribution in [2.45, 2.75) is 51.2 Å². The number of hydrogen-bond acceptors (Lipinski definition) is 4. The number of hydrogen-bond donors (Lipinski definition) is 0. The topological polar surface area (TPSA) is 38.2 Å². The van der Waals surface area contributed by atoms with Crippen LogP contribution in [0.15, 0.2) is 60.8 Å². The molecule has 1 aliphatic heterocycles. The summed E-state index contributed by atoms with van der Waals surface area (Å²) in [4.78, 5) is 11.9. The van der Waals surface area contributed by atoms with E-state index in [1.54, 1.807) is 0 Å². The van der Waals surface area contributed by atoms with Crippen LogP contribution in [0, 0.1) is 6.92 Å². The van der Waals surface area contributed by atoms with Crippen LogP contribution in [-0.4, -0.2) is 28.0 Å². The number of likely N-dealkylation sites (tertiary alicyclic amines) is 1. The standard InChI is InChI=1S/C26H29N3O/c1-20-27-16-22-12-14-26(25(22)28-20)13-7-15-29(19-26)17-23-10-5-6-11-24(23)30-18-21-8-3-2-4-9-21/h2-6,8-11,16H,7,12-15,17-19H2,1H3. The van der Waals surface area contributed by atoms with E-state index in [-0.39, 0.29) is 5.41 Å². The molecule has 2 heterocycles. The highest BCUT2D eigenvalue weighted by atomic mass is 16.5. The highest BCUT2D eigenvalue weighted by Crippen LogP contribution is 2.44. The van der Waals surface area contributed by atoms with Crippen LogP contribution < -0.4 is 4.74 Å². The zero-order valence-electron chi connectivity index (χ0n) is 17.7. The highest BCUT2D eigenvalue weighted by Gasteiger charge is 2.43. The maximum Gasteiger partial charge on any atom is 0.125 e. The van der Waals surface area contributed by atoms with E-state index in [1.807, 2.05) is 13.0 Å². The minimum absolute atomic E-state index is 0.196. The van der Waals surface area contributed by atoms with Crippen molar-refractivity contribution in [2.75, 3.05) is 13.1 Å². The van der Waals surface area contributed by atoms with Crippen molar-refractivity contribution in [3.05, 3.63) is 89.0 Å². The molecule has 4 nitrogen and oxygen atoms in total. The second kappa shape index (κ2) is 8.19. The van der Waals surface area contributed by atoms with Crippen LogP contribution in [0.25, 0.3) is 0 Å². The lowest BCUT2D eigenvalue weighted by Gasteiger charge is -2.40. The molecule has 1 spiro atoms. The van der Waals surface area contributed by atoms with Crippen LogP contribution in [0.2, 0.25) is 0 Å². The fraction of sp³-hybridized carbons (Fsp3) is 0.385. The number of ether oxygens (including phenoxy) is 1. The Morgan fingerprint density at radius 3 is 2.77 bits per heavy atom. The van der Waals surface area contributed by atoms with Crippen molar-refractivity contribution < 1.29 is 4.74 Å². The molecule has 1 unspecified atom stereocenters. The molecular formula is C26H29N3O. The van der Waals surface area contributed by atoms with E-state index in [2.05, 4.69) is 64.6 Å². The Labute approximate surface area is 178 Å². The van der Waals surface area contributed by atoms with Gasteiger partial charge in [-0.2, -0.15) is 0 Å². The van der Waals surface area contributed by atoms with E-state index in [1.165, 1.54) is 41.6 Å². The third-order valence-corrected chi connectivity index (χ3v) is 6.62. The second-order valence-corrected chi connectivity index (χ2v) is 8.77. The van der Waals surface area contributed by atoms with Gasteiger partial charge in [0.15, 0.2) is 0 Å². The summed E-state index contributed by atoms with van der Waals surface area (Å²) in [5, 5.41) is 0. The van der Waals surface area contributed by atoms with Gasteiger partial charge in [-0.05, 0) is 56.3 Å². The minimum atomic E-state index is 0.196. The maximum absolute atomic E-state index is 6.21. The molecule has 1 aliphatic carbocycles. The fourth-order valence-corrected chi connectivity index (χ4v) is 5.14. The van der Waals surface area contributed by atoms with Gasteiger partial charge in [0.25, 0.3) is 0 Å². The lowest BCUT2D eigenvalue weighted by atomic mass is 9.77. The Kier molecular flexibility index (Phi) is 5.26. The summed E-state index contributed by atoms with van der Waals surface area (Å²) in [7, 11) is 0. The normalized spacial score (nSPS) is 21.0. The molecule has 1 saturated heterocycles. The SMILES string of the molecule is Cc1ncc2c(n1)C1(CCCN(Cc3ccccc3OCc3ccccc3)C1)CC2. The van der Waals surface area contributed by atoms with Crippen molar-refractivity contribution in [2.24, 2.45) is 0 Å². The van der Waals surface area contributed by atoms with E-state index in [0.29, 0.717) is 6.61 Å². The van der Waals surface area contributed by atoms with Gasteiger partial charge in [0, 0.05) is 30.3 Å². The van der Waals surface area contributed by atoms with Gasteiger partial charge in [-0.25, -0.2) is 9.97 Å². The van der Waals surface area contributed by atoms with Crippen molar-refractivity contribution in [1.29, 1.82) is 0 Å². The van der Waals surface area contributed by atoms with Crippen molar-refractivity contribution in [1.82, 2.24) is 14.9 Å². The van der Waals surface area contributed by atoms with Gasteiger partial charge in [-0.3, -0.25) is 4.90 Å². The average Bonchev–Trinajstić information content (AvgIpc) is 3.11. The molecule has 0 amide bonds. The maximum atomic E-state index is 6.21. The number of aryl methyl sites for hydroxylation is 2. The molecule has 0 saturated carbocycles. The van der Waals surface area contributed by atoms with E-state index < -0.39 is 0 Å². The van der Waals surface area contributed by atoms with Gasteiger partial charge in [-0.15, -0.1) is 0 Å². The Hall–Kier alpha value is -2.72. The molecule has 0 radical (unpaired) electrons. The third-order valence-electron chi connectivity index (χ3n) is 6.62. The molecule has 5 rings (SSSR count). The van der Waals surface area contributed by atoms with Gasteiger partial charge in [0.05, 0.1) is 5.69 Å². The number of benzene rings is 2. The van der Waals surface area contributed by atoms with Gasteiger partial charge in [-0.1, -0.05) is 48.5 Å². The Bertz CT molecular complexity index is 1020. The van der Waals surface area contributed by atoms with E-state index in [9.17, 15) is 0 Å². The Balaban J connectivity index is 1.32. The number of piperidine rings is 1. The first-order valence-electron chi connectivity index (χ1n) is 11.0. The lowest BCUT2D eigenvalue weighted by Crippen LogP contribution is -2.45. The van der Waals surface area contributed by atoms with Crippen LogP contribution in [0.3, 0.4) is 0 Å². The zero-order chi connectivity index (χ0) is 20.4. The fourth-order valence-electron chi connectivity index (χ4n) is 5.14. The zero-order valence-corrected chi connectivity index (χ0v) is 17.7. The first kappa shape index (κ1) is 19.3. The monoisotopic (exact) mass is 399 g/mol. The number of nitrogens with zero attached hydrogens (tertiary/aromatic N) is 3. The van der Waals surface area contributed by atoms with Crippen LogP contribution in [0.1, 0.15) is 47.5 Å². The lowest BCUT2D eigenvalue weighted by molar-refractivity contribution is 0.135. The second-order valence-electron chi connectivity index (χ2n) is 8.77. The smallest absolute Gasteiger partial charge is 0.125 e. The van der Waals surface area contributed by atoms with Crippen molar-refractivity contribution in [3.8, 4) is 5.75 Å². The molecule has 30 heavy (non-hydrogen) atoms. The summed E-state index contributed by atoms with van der Waals surface area (Å²) in [6.45, 7) is 5.74. The first-order valence-corrected chi connectivity index (χ1v) is 11.0. The summed E-state index contributed by atoms with van der Waals surface area (Å²) < 4.78 is 6.21. The Morgan fingerprint density at radius 1 is 1.03 bits per heavy atom. The minimum Gasteiger partial charge on any atom is -0.489 e. The number of aromatic nitrogens is 2. The molecule has 1 atom stereocenters. The van der Waals surface area contributed by atoms with E-state index >= 15 is 0 Å². The summed E-state index contributed by atoms with van der Waals surface area (Å²) in [6.07, 6.45) is 6.82. The van der Waals surface area contributed by atoms with Crippen LogP contribution >= 0.6 is 0 Å². The van der Waals surface area contributed by atoms with Gasteiger partial charge >= 0.3 is 0 Å². The summed E-state index contributed by atoms with van der Waals surface area (Å²) in [6, 6.07) is 18.9. The average molecular weight is 400 g/mol. The van der Waals surface area contributed by atoms with Gasteiger partial charge in [0.1, 0.15) is 18.2 Å². The quantitative estimate of drug-likeness (QED) is 0.615.